The maximum absolute atomic E-state index is 13.0. The first kappa shape index (κ1) is 19.2. The zero-order valence-corrected chi connectivity index (χ0v) is 17.5. The monoisotopic (exact) mass is 440 g/mol. The molecule has 2 N–H and O–H groups in total. The molecule has 5 aliphatic carbocycles. The highest BCUT2D eigenvalue weighted by Crippen LogP contribution is 2.64. The molecule has 3 atom stereocenters. The molecule has 4 bridgehead atoms. The standard InChI is InChI=1S/C20H29BrN2O4/c1-12(16(24)23-18(26)22-15-4-2-3-5-15)27-17(25)19-7-13-6-14(8-19)10-20(21,9-13)11-19/h12-15H,2-11H2,1H3,(H2,22,23,24,26). The van der Waals surface area contributed by atoms with Crippen LogP contribution in [0.4, 0.5) is 4.79 Å². The van der Waals surface area contributed by atoms with Crippen LogP contribution >= 0.6 is 15.9 Å². The summed E-state index contributed by atoms with van der Waals surface area (Å²) in [4.78, 5) is 37.3. The van der Waals surface area contributed by atoms with Gasteiger partial charge in [-0.3, -0.25) is 14.9 Å². The van der Waals surface area contributed by atoms with Gasteiger partial charge in [0.25, 0.3) is 5.91 Å². The van der Waals surface area contributed by atoms with Crippen LogP contribution in [-0.2, 0) is 14.3 Å². The number of nitrogens with one attached hydrogen (secondary N) is 2. The van der Waals surface area contributed by atoms with E-state index in [1.807, 2.05) is 0 Å². The molecule has 150 valence electrons. The first-order chi connectivity index (χ1) is 12.8. The van der Waals surface area contributed by atoms with Crippen molar-refractivity contribution in [2.45, 2.75) is 87.6 Å². The van der Waals surface area contributed by atoms with E-state index in [1.165, 1.54) is 6.42 Å². The molecule has 6 nitrogen and oxygen atoms in total. The molecule has 0 aromatic rings. The molecule has 0 aliphatic heterocycles. The van der Waals surface area contributed by atoms with Gasteiger partial charge < -0.3 is 10.1 Å². The molecule has 0 spiro atoms. The van der Waals surface area contributed by atoms with Crippen molar-refractivity contribution < 1.29 is 19.1 Å². The molecule has 5 rings (SSSR count). The van der Waals surface area contributed by atoms with Crippen LogP contribution in [0.15, 0.2) is 0 Å². The van der Waals surface area contributed by atoms with Crippen LogP contribution in [0.5, 0.6) is 0 Å². The summed E-state index contributed by atoms with van der Waals surface area (Å²) in [5.74, 6) is 0.315. The number of amides is 3. The SMILES string of the molecule is CC(OC(=O)C12CC3CC(CC(Br)(C3)C1)C2)C(=O)NC(=O)NC1CCCC1. The number of esters is 1. The van der Waals surface area contributed by atoms with Crippen LogP contribution in [-0.4, -0.2) is 34.4 Å². The van der Waals surface area contributed by atoms with Gasteiger partial charge in [-0.2, -0.15) is 0 Å². The fourth-order valence-corrected chi connectivity index (χ4v) is 7.69. The maximum Gasteiger partial charge on any atom is 0.321 e. The lowest BCUT2D eigenvalue weighted by Crippen LogP contribution is -2.57. The molecular formula is C20H29BrN2O4. The van der Waals surface area contributed by atoms with Crippen LogP contribution in [0.3, 0.4) is 0 Å². The van der Waals surface area contributed by atoms with E-state index in [0.717, 1.165) is 57.8 Å². The van der Waals surface area contributed by atoms with E-state index in [9.17, 15) is 14.4 Å². The Hall–Kier alpha value is -1.11. The summed E-state index contributed by atoms with van der Waals surface area (Å²) in [5.41, 5.74) is -0.464. The minimum Gasteiger partial charge on any atom is -0.452 e. The largest absolute Gasteiger partial charge is 0.452 e. The fraction of sp³-hybridized carbons (Fsp3) is 0.850. The zero-order valence-electron chi connectivity index (χ0n) is 15.9. The van der Waals surface area contributed by atoms with Crippen LogP contribution in [0, 0.1) is 17.3 Å². The topological polar surface area (TPSA) is 84.5 Å². The van der Waals surface area contributed by atoms with E-state index in [4.69, 9.17) is 4.74 Å². The molecule has 5 fully saturated rings. The summed E-state index contributed by atoms with van der Waals surface area (Å²) < 4.78 is 5.62. The number of alkyl halides is 1. The third-order valence-corrected chi connectivity index (χ3v) is 7.93. The lowest BCUT2D eigenvalue weighted by Gasteiger charge is -2.58. The van der Waals surface area contributed by atoms with Crippen molar-refractivity contribution in [3.05, 3.63) is 0 Å². The number of halogens is 1. The Morgan fingerprint density at radius 2 is 1.70 bits per heavy atom. The van der Waals surface area contributed by atoms with Crippen molar-refractivity contribution in [1.29, 1.82) is 0 Å². The van der Waals surface area contributed by atoms with Crippen molar-refractivity contribution in [3.8, 4) is 0 Å². The average molecular weight is 441 g/mol. The Morgan fingerprint density at radius 1 is 1.07 bits per heavy atom. The van der Waals surface area contributed by atoms with Crippen LogP contribution in [0.1, 0.15) is 71.1 Å². The molecule has 0 saturated heterocycles. The summed E-state index contributed by atoms with van der Waals surface area (Å²) in [7, 11) is 0. The lowest BCUT2D eigenvalue weighted by atomic mass is 9.49. The molecule has 3 unspecified atom stereocenters. The number of imide groups is 1. The molecule has 7 heteroatoms. The lowest BCUT2D eigenvalue weighted by molar-refractivity contribution is -0.176. The van der Waals surface area contributed by atoms with Crippen molar-refractivity contribution in [3.63, 3.8) is 0 Å². The number of ether oxygens (including phenoxy) is 1. The maximum atomic E-state index is 13.0. The summed E-state index contributed by atoms with van der Waals surface area (Å²) in [6.45, 7) is 1.54. The van der Waals surface area contributed by atoms with Crippen molar-refractivity contribution >= 4 is 33.8 Å². The van der Waals surface area contributed by atoms with Gasteiger partial charge in [0.2, 0.25) is 0 Å². The number of hydrogen-bond acceptors (Lipinski definition) is 4. The Labute approximate surface area is 168 Å². The van der Waals surface area contributed by atoms with Crippen LogP contribution in [0.2, 0.25) is 0 Å². The predicted octanol–water partition coefficient (Wildman–Crippen LogP) is 3.42. The fourth-order valence-electron chi connectivity index (χ4n) is 6.23. The summed E-state index contributed by atoms with van der Waals surface area (Å²) in [5, 5.41) is 5.13. The van der Waals surface area contributed by atoms with E-state index in [2.05, 4.69) is 26.6 Å². The normalized spacial score (nSPS) is 38.4. The molecule has 0 heterocycles. The second-order valence-corrected chi connectivity index (χ2v) is 11.1. The molecular weight excluding hydrogens is 412 g/mol. The first-order valence-electron chi connectivity index (χ1n) is 10.3. The van der Waals surface area contributed by atoms with Gasteiger partial charge in [-0.1, -0.05) is 28.8 Å². The highest BCUT2D eigenvalue weighted by Gasteiger charge is 2.60. The molecule has 27 heavy (non-hydrogen) atoms. The third kappa shape index (κ3) is 3.89. The molecule has 0 aromatic heterocycles. The Bertz CT molecular complexity index is 632. The Morgan fingerprint density at radius 3 is 2.30 bits per heavy atom. The van der Waals surface area contributed by atoms with Gasteiger partial charge in [0, 0.05) is 10.4 Å². The van der Waals surface area contributed by atoms with Gasteiger partial charge in [0.15, 0.2) is 6.10 Å². The summed E-state index contributed by atoms with van der Waals surface area (Å²) in [6.07, 6.45) is 9.15. The summed E-state index contributed by atoms with van der Waals surface area (Å²) in [6, 6.07) is -0.359. The quantitative estimate of drug-likeness (QED) is 0.517. The van der Waals surface area contributed by atoms with E-state index in [-0.39, 0.29) is 16.3 Å². The summed E-state index contributed by atoms with van der Waals surface area (Å²) >= 11 is 3.89. The highest BCUT2D eigenvalue weighted by molar-refractivity contribution is 9.10. The average Bonchev–Trinajstić information content (AvgIpc) is 3.05. The van der Waals surface area contributed by atoms with Crippen molar-refractivity contribution in [1.82, 2.24) is 10.6 Å². The van der Waals surface area contributed by atoms with Gasteiger partial charge in [-0.25, -0.2) is 4.79 Å². The Balaban J connectivity index is 1.32. The zero-order chi connectivity index (χ0) is 19.2. The molecule has 5 saturated carbocycles. The van der Waals surface area contributed by atoms with E-state index >= 15 is 0 Å². The highest BCUT2D eigenvalue weighted by atomic mass is 79.9. The molecule has 0 radical (unpaired) electrons. The number of hydrogen-bond donors (Lipinski definition) is 2. The number of rotatable bonds is 4. The number of urea groups is 1. The first-order valence-corrected chi connectivity index (χ1v) is 11.1. The smallest absolute Gasteiger partial charge is 0.321 e. The molecule has 5 aliphatic rings. The second-order valence-electron chi connectivity index (χ2n) is 9.38. The van der Waals surface area contributed by atoms with Crippen molar-refractivity contribution in [2.75, 3.05) is 0 Å². The third-order valence-electron chi connectivity index (χ3n) is 7.00. The Kier molecular flexibility index (Phi) is 5.02. The van der Waals surface area contributed by atoms with Crippen LogP contribution < -0.4 is 10.6 Å². The molecule has 0 aromatic carbocycles. The molecule has 3 amide bonds. The minimum absolute atomic E-state index is 0.0583. The van der Waals surface area contributed by atoms with E-state index in [1.54, 1.807) is 6.92 Å². The van der Waals surface area contributed by atoms with Crippen molar-refractivity contribution in [2.24, 2.45) is 17.3 Å². The number of carbonyl (C=O) groups excluding carboxylic acids is 3. The van der Waals surface area contributed by atoms with Gasteiger partial charge >= 0.3 is 12.0 Å². The van der Waals surface area contributed by atoms with Gasteiger partial charge in [-0.15, -0.1) is 0 Å². The minimum atomic E-state index is -0.967. The second kappa shape index (κ2) is 7.05. The number of carbonyl (C=O) groups is 3. The predicted molar refractivity (Wildman–Crippen MR) is 103 cm³/mol. The van der Waals surface area contributed by atoms with Gasteiger partial charge in [0.1, 0.15) is 0 Å². The van der Waals surface area contributed by atoms with E-state index < -0.39 is 23.5 Å². The van der Waals surface area contributed by atoms with E-state index in [0.29, 0.717) is 11.8 Å². The van der Waals surface area contributed by atoms with Crippen LogP contribution in [0.25, 0.3) is 0 Å². The van der Waals surface area contributed by atoms with Gasteiger partial charge in [0.05, 0.1) is 5.41 Å². The van der Waals surface area contributed by atoms with Gasteiger partial charge in [-0.05, 0) is 70.1 Å².